The molecule has 2 aromatic carbocycles. The summed E-state index contributed by atoms with van der Waals surface area (Å²) in [6.07, 6.45) is 2.40. The molecule has 0 spiro atoms. The number of rotatable bonds is 6. The second-order valence-electron chi connectivity index (χ2n) is 9.81. The summed E-state index contributed by atoms with van der Waals surface area (Å²) < 4.78 is 28.5. The number of piperidine rings is 1. The van der Waals surface area contributed by atoms with E-state index in [-0.39, 0.29) is 5.92 Å². The van der Waals surface area contributed by atoms with Gasteiger partial charge >= 0.3 is 6.09 Å². The van der Waals surface area contributed by atoms with Gasteiger partial charge in [-0.2, -0.15) is 4.31 Å². The fraction of sp³-hybridized carbons (Fsp3) is 0.444. The van der Waals surface area contributed by atoms with Gasteiger partial charge in [-0.3, -0.25) is 4.90 Å². The quantitative estimate of drug-likeness (QED) is 0.559. The van der Waals surface area contributed by atoms with Crippen LogP contribution in [0.5, 0.6) is 0 Å². The van der Waals surface area contributed by atoms with E-state index < -0.39 is 21.4 Å². The molecule has 198 valence electrons. The number of piperazine rings is 1. The lowest BCUT2D eigenvalue weighted by atomic mass is 9.94. The summed E-state index contributed by atoms with van der Waals surface area (Å²) in [6.45, 7) is 8.73. The molecule has 0 bridgehead atoms. The molecule has 1 amide bonds. The van der Waals surface area contributed by atoms with E-state index in [9.17, 15) is 18.3 Å². The zero-order chi connectivity index (χ0) is 26.0. The number of hydrogen-bond acceptors (Lipinski definition) is 6. The smallest absolute Gasteiger partial charge is 0.411 e. The van der Waals surface area contributed by atoms with Crippen molar-refractivity contribution in [3.05, 3.63) is 61.2 Å². The lowest BCUT2D eigenvalue weighted by Crippen LogP contribution is -2.52. The number of nitrogens with zero attached hydrogens (tertiary/aromatic N) is 4. The Morgan fingerprint density at radius 3 is 2.16 bits per heavy atom. The van der Waals surface area contributed by atoms with Gasteiger partial charge in [0.1, 0.15) is 0 Å². The standard InChI is InChI=1S/C27H35N5O4S/c1-2-26(21-11-13-28-14-12-21)37(35,36)30-17-15-29(16-18-30)22-7-9-23(10-8-22)31-19-20-32(27(33)34)25-6-4-3-5-24(25)31/h2-10,21,26,28H,1,11-20H2,(H,33,34). The number of carboxylic acid groups (broad SMARTS) is 1. The molecule has 1 unspecified atom stereocenters. The molecule has 10 heteroatoms. The fourth-order valence-corrected chi connectivity index (χ4v) is 7.79. The molecule has 37 heavy (non-hydrogen) atoms. The highest BCUT2D eigenvalue weighted by Gasteiger charge is 2.37. The van der Waals surface area contributed by atoms with Crippen molar-refractivity contribution in [2.24, 2.45) is 5.92 Å². The minimum absolute atomic E-state index is 0.122. The summed E-state index contributed by atoms with van der Waals surface area (Å²) in [6, 6.07) is 15.8. The van der Waals surface area contributed by atoms with Crippen molar-refractivity contribution in [2.45, 2.75) is 18.1 Å². The molecular formula is C27H35N5O4S. The van der Waals surface area contributed by atoms with Crippen LogP contribution < -0.4 is 20.0 Å². The molecule has 0 radical (unpaired) electrons. The maximum absolute atomic E-state index is 13.4. The molecule has 2 aromatic rings. The molecule has 2 fully saturated rings. The number of amides is 1. The number of hydrogen-bond donors (Lipinski definition) is 2. The fourth-order valence-electron chi connectivity index (χ4n) is 5.77. The number of nitrogens with one attached hydrogen (secondary N) is 1. The minimum Gasteiger partial charge on any atom is -0.465 e. The summed E-state index contributed by atoms with van der Waals surface area (Å²) in [5.41, 5.74) is 3.60. The van der Waals surface area contributed by atoms with Crippen molar-refractivity contribution in [1.29, 1.82) is 0 Å². The topological polar surface area (TPSA) is 96.4 Å². The second-order valence-corrected chi connectivity index (χ2v) is 11.9. The third-order valence-electron chi connectivity index (χ3n) is 7.79. The number of anilines is 4. The molecular weight excluding hydrogens is 490 g/mol. The minimum atomic E-state index is -3.43. The van der Waals surface area contributed by atoms with Crippen LogP contribution in [0.2, 0.25) is 0 Å². The number of para-hydroxylation sites is 2. The van der Waals surface area contributed by atoms with E-state index in [2.05, 4.69) is 46.0 Å². The first-order valence-corrected chi connectivity index (χ1v) is 14.4. The van der Waals surface area contributed by atoms with E-state index >= 15 is 0 Å². The van der Waals surface area contributed by atoms with Crippen molar-refractivity contribution < 1.29 is 18.3 Å². The molecule has 3 aliphatic heterocycles. The van der Waals surface area contributed by atoms with Gasteiger partial charge < -0.3 is 20.2 Å². The zero-order valence-corrected chi connectivity index (χ0v) is 21.8. The van der Waals surface area contributed by atoms with E-state index in [1.165, 1.54) is 4.90 Å². The molecule has 2 saturated heterocycles. The number of benzene rings is 2. The molecule has 3 heterocycles. The second kappa shape index (κ2) is 10.7. The van der Waals surface area contributed by atoms with Gasteiger partial charge in [-0.15, -0.1) is 6.58 Å². The molecule has 2 N–H and O–H groups in total. The number of sulfonamides is 1. The third kappa shape index (κ3) is 5.05. The SMILES string of the molecule is C=CC(C1CCNCC1)S(=O)(=O)N1CCN(c2ccc(N3CCN(C(=O)O)c4ccccc43)cc2)CC1. The van der Waals surface area contributed by atoms with E-state index in [1.54, 1.807) is 10.4 Å². The predicted octanol–water partition coefficient (Wildman–Crippen LogP) is 3.33. The molecule has 9 nitrogen and oxygen atoms in total. The number of carbonyl (C=O) groups is 1. The average molecular weight is 526 g/mol. The van der Waals surface area contributed by atoms with Crippen LogP contribution in [0.25, 0.3) is 0 Å². The van der Waals surface area contributed by atoms with Gasteiger partial charge in [0.25, 0.3) is 0 Å². The third-order valence-corrected chi connectivity index (χ3v) is 10.1. The van der Waals surface area contributed by atoms with Crippen LogP contribution in [0.4, 0.5) is 27.5 Å². The Morgan fingerprint density at radius 1 is 0.919 bits per heavy atom. The summed E-state index contributed by atoms with van der Waals surface area (Å²) in [5, 5.41) is 12.3. The Labute approximate surface area is 219 Å². The highest BCUT2D eigenvalue weighted by atomic mass is 32.2. The van der Waals surface area contributed by atoms with Crippen LogP contribution in [0.15, 0.2) is 61.2 Å². The van der Waals surface area contributed by atoms with Crippen LogP contribution in [0.3, 0.4) is 0 Å². The molecule has 0 aromatic heterocycles. The normalized spacial score (nSPS) is 20.4. The Balaban J connectivity index is 1.25. The maximum atomic E-state index is 13.4. The molecule has 0 aliphatic carbocycles. The van der Waals surface area contributed by atoms with E-state index in [1.807, 2.05) is 24.3 Å². The van der Waals surface area contributed by atoms with Gasteiger partial charge in [0.15, 0.2) is 0 Å². The van der Waals surface area contributed by atoms with E-state index in [4.69, 9.17) is 0 Å². The van der Waals surface area contributed by atoms with Gasteiger partial charge in [-0.05, 0) is 68.2 Å². The van der Waals surface area contributed by atoms with Gasteiger partial charge in [0.2, 0.25) is 10.0 Å². The highest BCUT2D eigenvalue weighted by molar-refractivity contribution is 7.89. The van der Waals surface area contributed by atoms with Crippen LogP contribution in [0.1, 0.15) is 12.8 Å². The highest BCUT2D eigenvalue weighted by Crippen LogP contribution is 2.38. The zero-order valence-electron chi connectivity index (χ0n) is 21.0. The Morgan fingerprint density at radius 2 is 1.54 bits per heavy atom. The molecule has 3 aliphatic rings. The summed E-state index contributed by atoms with van der Waals surface area (Å²) in [4.78, 5) is 17.4. The van der Waals surface area contributed by atoms with Crippen molar-refractivity contribution in [2.75, 3.05) is 67.1 Å². The van der Waals surface area contributed by atoms with Crippen LogP contribution >= 0.6 is 0 Å². The predicted molar refractivity (Wildman–Crippen MR) is 148 cm³/mol. The largest absolute Gasteiger partial charge is 0.465 e. The van der Waals surface area contributed by atoms with Crippen molar-refractivity contribution >= 4 is 38.9 Å². The van der Waals surface area contributed by atoms with Crippen LogP contribution in [0, 0.1) is 5.92 Å². The van der Waals surface area contributed by atoms with Gasteiger partial charge in [-0.25, -0.2) is 13.2 Å². The van der Waals surface area contributed by atoms with Crippen LogP contribution in [-0.2, 0) is 10.0 Å². The summed E-state index contributed by atoms with van der Waals surface area (Å²) in [7, 11) is -3.43. The molecule has 1 atom stereocenters. The average Bonchev–Trinajstić information content (AvgIpc) is 2.93. The molecule has 0 saturated carbocycles. The van der Waals surface area contributed by atoms with Crippen molar-refractivity contribution in [1.82, 2.24) is 9.62 Å². The first-order valence-electron chi connectivity index (χ1n) is 12.9. The van der Waals surface area contributed by atoms with Gasteiger partial charge in [-0.1, -0.05) is 18.2 Å². The Hall–Kier alpha value is -3.08. The van der Waals surface area contributed by atoms with Crippen molar-refractivity contribution in [3.8, 4) is 0 Å². The van der Waals surface area contributed by atoms with E-state index in [0.717, 1.165) is 43.0 Å². The first kappa shape index (κ1) is 25.6. The summed E-state index contributed by atoms with van der Waals surface area (Å²) in [5.74, 6) is 0.122. The molecule has 5 rings (SSSR count). The van der Waals surface area contributed by atoms with Crippen LogP contribution in [-0.4, -0.2) is 81.5 Å². The lowest BCUT2D eigenvalue weighted by Gasteiger charge is -2.39. The maximum Gasteiger partial charge on any atom is 0.411 e. The van der Waals surface area contributed by atoms with Gasteiger partial charge in [0, 0.05) is 50.6 Å². The summed E-state index contributed by atoms with van der Waals surface area (Å²) >= 11 is 0. The lowest BCUT2D eigenvalue weighted by molar-refractivity contribution is 0.201. The monoisotopic (exact) mass is 525 g/mol. The Bertz CT molecular complexity index is 1220. The Kier molecular flexibility index (Phi) is 7.41. The van der Waals surface area contributed by atoms with Crippen molar-refractivity contribution in [3.63, 3.8) is 0 Å². The number of fused-ring (bicyclic) bond motifs is 1. The first-order chi connectivity index (χ1) is 17.9. The van der Waals surface area contributed by atoms with Gasteiger partial charge in [0.05, 0.1) is 16.6 Å². The van der Waals surface area contributed by atoms with E-state index in [0.29, 0.717) is 45.0 Å².